The number of hydrogen-bond donors (Lipinski definition) is 2. The Morgan fingerprint density at radius 3 is 2.45 bits per heavy atom. The minimum absolute atomic E-state index is 0.0104. The van der Waals surface area contributed by atoms with Crippen molar-refractivity contribution in [1.82, 2.24) is 0 Å². The fourth-order valence-electron chi connectivity index (χ4n) is 1.88. The summed E-state index contributed by atoms with van der Waals surface area (Å²) in [6.07, 6.45) is 1.05. The number of carboxylic acids is 1. The van der Waals surface area contributed by atoms with Crippen molar-refractivity contribution in [2.75, 3.05) is 13.4 Å². The van der Waals surface area contributed by atoms with E-state index in [1.807, 2.05) is 13.8 Å². The first-order valence-electron chi connectivity index (χ1n) is 6.51. The van der Waals surface area contributed by atoms with Crippen LogP contribution in [-0.2, 0) is 0 Å². The molecule has 6 heteroatoms. The third-order valence-electron chi connectivity index (χ3n) is 3.52. The first kappa shape index (κ1) is 14.5. The van der Waals surface area contributed by atoms with Gasteiger partial charge in [0.2, 0.25) is 6.79 Å². The van der Waals surface area contributed by atoms with Crippen LogP contribution in [0.25, 0.3) is 0 Å². The maximum atomic E-state index is 11.2. The molecule has 1 aromatic carbocycles. The van der Waals surface area contributed by atoms with Gasteiger partial charge < -0.3 is 24.4 Å². The topological polar surface area (TPSA) is 85.2 Å². The van der Waals surface area contributed by atoms with Crippen LogP contribution in [0.3, 0.4) is 0 Å². The van der Waals surface area contributed by atoms with E-state index in [4.69, 9.17) is 14.2 Å². The summed E-state index contributed by atoms with van der Waals surface area (Å²) in [5.41, 5.74) is -0.976. The van der Waals surface area contributed by atoms with E-state index in [1.54, 1.807) is 0 Å². The summed E-state index contributed by atoms with van der Waals surface area (Å²) in [6, 6.07) is 2.86. The van der Waals surface area contributed by atoms with Crippen LogP contribution in [0.1, 0.15) is 37.0 Å². The maximum absolute atomic E-state index is 11.2. The fourth-order valence-corrected chi connectivity index (χ4v) is 1.88. The van der Waals surface area contributed by atoms with Gasteiger partial charge in [-0.3, -0.25) is 0 Å². The normalized spacial score (nSPS) is 13.3. The maximum Gasteiger partial charge on any atom is 0.339 e. The summed E-state index contributed by atoms with van der Waals surface area (Å²) < 4.78 is 15.8. The van der Waals surface area contributed by atoms with Gasteiger partial charge in [0.1, 0.15) is 17.9 Å². The van der Waals surface area contributed by atoms with Crippen LogP contribution >= 0.6 is 0 Å². The van der Waals surface area contributed by atoms with Gasteiger partial charge in [-0.25, -0.2) is 4.79 Å². The van der Waals surface area contributed by atoms with Gasteiger partial charge in [-0.2, -0.15) is 0 Å². The number of carboxylic acid groups (broad SMARTS) is 1. The van der Waals surface area contributed by atoms with Gasteiger partial charge >= 0.3 is 5.97 Å². The van der Waals surface area contributed by atoms with Crippen molar-refractivity contribution in [1.29, 1.82) is 0 Å². The second-order valence-corrected chi connectivity index (χ2v) is 4.73. The highest BCUT2D eigenvalue weighted by Gasteiger charge is 2.26. The molecule has 1 aliphatic rings. The molecular weight excluding hydrogens is 264 g/mol. The van der Waals surface area contributed by atoms with E-state index in [2.05, 4.69) is 0 Å². The average Bonchev–Trinajstić information content (AvgIpc) is 2.90. The average molecular weight is 282 g/mol. The van der Waals surface area contributed by atoms with Crippen LogP contribution in [0.4, 0.5) is 0 Å². The monoisotopic (exact) mass is 282 g/mol. The zero-order valence-electron chi connectivity index (χ0n) is 11.5. The number of benzene rings is 1. The van der Waals surface area contributed by atoms with Gasteiger partial charge in [0, 0.05) is 12.1 Å². The lowest BCUT2D eigenvalue weighted by Gasteiger charge is -2.25. The molecule has 0 atom stereocenters. The lowest BCUT2D eigenvalue weighted by molar-refractivity contribution is -0.0117. The molecule has 2 rings (SSSR count). The van der Waals surface area contributed by atoms with Crippen molar-refractivity contribution in [2.24, 2.45) is 0 Å². The zero-order chi connectivity index (χ0) is 14.8. The molecule has 0 saturated carbocycles. The van der Waals surface area contributed by atoms with Crippen molar-refractivity contribution in [3.05, 3.63) is 17.7 Å². The molecule has 6 nitrogen and oxygen atoms in total. The van der Waals surface area contributed by atoms with Gasteiger partial charge in [-0.05, 0) is 12.8 Å². The van der Waals surface area contributed by atoms with E-state index >= 15 is 0 Å². The molecule has 20 heavy (non-hydrogen) atoms. The molecular formula is C14H18O6. The zero-order valence-corrected chi connectivity index (χ0v) is 11.5. The second-order valence-electron chi connectivity index (χ2n) is 4.73. The number of aliphatic hydroxyl groups is 1. The predicted molar refractivity (Wildman–Crippen MR) is 70.6 cm³/mol. The lowest BCUT2D eigenvalue weighted by Crippen LogP contribution is -2.34. The number of carbonyl (C=O) groups is 1. The quantitative estimate of drug-likeness (QED) is 0.830. The van der Waals surface area contributed by atoms with Crippen molar-refractivity contribution in [3.63, 3.8) is 0 Å². The standard InChI is InChI=1S/C14H18O6/c1-3-14(17,4-2)7-18-10-6-12-11(19-8-20-12)5-9(10)13(15)16/h5-6,17H,3-4,7-8H2,1-2H3,(H,15,16). The molecule has 0 aromatic heterocycles. The summed E-state index contributed by atoms with van der Waals surface area (Å²) in [7, 11) is 0. The number of rotatable bonds is 6. The number of ether oxygens (including phenoxy) is 3. The molecule has 1 aromatic rings. The van der Waals surface area contributed by atoms with Crippen LogP contribution in [0.5, 0.6) is 17.2 Å². The molecule has 0 radical (unpaired) electrons. The van der Waals surface area contributed by atoms with Crippen molar-refractivity contribution in [2.45, 2.75) is 32.3 Å². The van der Waals surface area contributed by atoms with Crippen LogP contribution in [0.2, 0.25) is 0 Å². The highest BCUT2D eigenvalue weighted by Crippen LogP contribution is 2.38. The van der Waals surface area contributed by atoms with Gasteiger partial charge in [-0.1, -0.05) is 13.8 Å². The summed E-state index contributed by atoms with van der Waals surface area (Å²) in [5.74, 6) is -0.116. The SMILES string of the molecule is CCC(O)(CC)COc1cc2c(cc1C(=O)O)OCO2. The Kier molecular flexibility index (Phi) is 4.04. The molecule has 0 unspecified atom stereocenters. The van der Waals surface area contributed by atoms with E-state index in [9.17, 15) is 15.0 Å². The first-order valence-corrected chi connectivity index (χ1v) is 6.51. The molecule has 0 aliphatic carbocycles. The Morgan fingerprint density at radius 1 is 1.30 bits per heavy atom. The van der Waals surface area contributed by atoms with E-state index in [0.717, 1.165) is 0 Å². The Bertz CT molecular complexity index is 507. The Morgan fingerprint density at radius 2 is 1.90 bits per heavy atom. The molecule has 2 N–H and O–H groups in total. The molecule has 0 spiro atoms. The molecule has 1 aliphatic heterocycles. The van der Waals surface area contributed by atoms with Crippen LogP contribution < -0.4 is 14.2 Å². The highest BCUT2D eigenvalue weighted by molar-refractivity contribution is 5.92. The molecule has 1 heterocycles. The molecule has 0 amide bonds. The molecule has 0 bridgehead atoms. The van der Waals surface area contributed by atoms with E-state index < -0.39 is 11.6 Å². The van der Waals surface area contributed by atoms with E-state index in [0.29, 0.717) is 24.3 Å². The Labute approximate surface area is 116 Å². The molecule has 0 fully saturated rings. The van der Waals surface area contributed by atoms with E-state index in [1.165, 1.54) is 12.1 Å². The summed E-state index contributed by atoms with van der Waals surface area (Å²) >= 11 is 0. The Hall–Kier alpha value is -1.95. The van der Waals surface area contributed by atoms with Crippen LogP contribution in [-0.4, -0.2) is 35.2 Å². The van der Waals surface area contributed by atoms with Crippen LogP contribution in [0, 0.1) is 0 Å². The van der Waals surface area contributed by atoms with Gasteiger partial charge in [0.05, 0.1) is 5.60 Å². The largest absolute Gasteiger partial charge is 0.490 e. The number of aromatic carboxylic acids is 1. The number of fused-ring (bicyclic) bond motifs is 1. The Balaban J connectivity index is 2.24. The second kappa shape index (κ2) is 5.58. The fraction of sp³-hybridized carbons (Fsp3) is 0.500. The third-order valence-corrected chi connectivity index (χ3v) is 3.52. The van der Waals surface area contributed by atoms with Gasteiger partial charge in [0.25, 0.3) is 0 Å². The minimum Gasteiger partial charge on any atom is -0.490 e. The van der Waals surface area contributed by atoms with Gasteiger partial charge in [0.15, 0.2) is 11.5 Å². The smallest absolute Gasteiger partial charge is 0.339 e. The molecule has 0 saturated heterocycles. The van der Waals surface area contributed by atoms with Crippen LogP contribution in [0.15, 0.2) is 12.1 Å². The summed E-state index contributed by atoms with van der Waals surface area (Å²) in [4.78, 5) is 11.2. The lowest BCUT2D eigenvalue weighted by atomic mass is 9.99. The molecule has 110 valence electrons. The summed E-state index contributed by atoms with van der Waals surface area (Å²) in [6.45, 7) is 3.79. The van der Waals surface area contributed by atoms with Crippen molar-refractivity contribution < 1.29 is 29.2 Å². The highest BCUT2D eigenvalue weighted by atomic mass is 16.7. The summed E-state index contributed by atoms with van der Waals surface area (Å²) in [5, 5.41) is 19.4. The first-order chi connectivity index (χ1) is 9.49. The van der Waals surface area contributed by atoms with E-state index in [-0.39, 0.29) is 24.7 Å². The van der Waals surface area contributed by atoms with Gasteiger partial charge in [-0.15, -0.1) is 0 Å². The number of hydrogen-bond acceptors (Lipinski definition) is 5. The third kappa shape index (κ3) is 2.80. The predicted octanol–water partition coefficient (Wildman–Crippen LogP) is 2.04. The van der Waals surface area contributed by atoms with Crippen molar-refractivity contribution in [3.8, 4) is 17.2 Å². The van der Waals surface area contributed by atoms with Crippen molar-refractivity contribution >= 4 is 5.97 Å². The minimum atomic E-state index is -1.12.